The summed E-state index contributed by atoms with van der Waals surface area (Å²) in [6.45, 7) is 8.22. The Morgan fingerprint density at radius 2 is 2.03 bits per heavy atom. The van der Waals surface area contributed by atoms with E-state index in [4.69, 9.17) is 22.1 Å². The number of aliphatic hydroxyl groups is 1. The fourth-order valence-corrected chi connectivity index (χ4v) is 5.16. The summed E-state index contributed by atoms with van der Waals surface area (Å²) in [5.41, 5.74) is 5.86. The van der Waals surface area contributed by atoms with Gasteiger partial charge in [0.25, 0.3) is 0 Å². The first kappa shape index (κ1) is 24.9. The van der Waals surface area contributed by atoms with Crippen LogP contribution in [-0.4, -0.2) is 33.3 Å². The second-order valence-corrected chi connectivity index (χ2v) is 10.7. The molecular weight excluding hydrogens is 457 g/mol. The summed E-state index contributed by atoms with van der Waals surface area (Å²) in [7, 11) is 0. The van der Waals surface area contributed by atoms with Crippen LogP contribution in [-0.2, 0) is 10.3 Å². The van der Waals surface area contributed by atoms with E-state index in [0.717, 1.165) is 12.5 Å². The molecule has 2 saturated heterocycles. The van der Waals surface area contributed by atoms with Crippen LogP contribution in [0.15, 0.2) is 28.4 Å². The molecular formula is C25H35ClFN5O2. The Morgan fingerprint density at radius 1 is 1.26 bits per heavy atom. The lowest BCUT2D eigenvalue weighted by Crippen LogP contribution is -2.31. The minimum Gasteiger partial charge on any atom is -0.383 e. The molecule has 2 aromatic rings. The fraction of sp³-hybridized carbons (Fsp3) is 0.600. The number of aromatic nitrogens is 2. The number of fused-ring (bicyclic) bond motifs is 5. The number of aliphatic imine (C=N–C) groups is 1. The molecule has 4 heterocycles. The number of benzene rings is 1. The highest BCUT2D eigenvalue weighted by atomic mass is 35.5. The zero-order valence-electron chi connectivity index (χ0n) is 20.3. The molecule has 7 nitrogen and oxygen atoms in total. The molecule has 0 spiro atoms. The quantitative estimate of drug-likeness (QED) is 0.562. The number of rotatable bonds is 3. The van der Waals surface area contributed by atoms with Gasteiger partial charge in [-0.3, -0.25) is 0 Å². The van der Waals surface area contributed by atoms with Gasteiger partial charge in [0.05, 0.1) is 16.7 Å². The van der Waals surface area contributed by atoms with E-state index < -0.39 is 17.5 Å². The summed E-state index contributed by atoms with van der Waals surface area (Å²) in [5, 5.41) is 13.6. The lowest BCUT2D eigenvalue weighted by Gasteiger charge is -2.23. The van der Waals surface area contributed by atoms with Crippen molar-refractivity contribution in [2.75, 3.05) is 6.61 Å². The molecule has 9 heteroatoms. The Hall–Kier alpha value is -2.16. The predicted octanol–water partition coefficient (Wildman–Crippen LogP) is 4.99. The van der Waals surface area contributed by atoms with Crippen molar-refractivity contribution in [2.24, 2.45) is 16.6 Å². The normalized spacial score (nSPS) is 24.8. The van der Waals surface area contributed by atoms with E-state index in [0.29, 0.717) is 28.0 Å². The summed E-state index contributed by atoms with van der Waals surface area (Å²) in [6.07, 6.45) is 9.12. The van der Waals surface area contributed by atoms with Gasteiger partial charge in [-0.05, 0) is 77.0 Å². The van der Waals surface area contributed by atoms with Gasteiger partial charge in [0.15, 0.2) is 11.8 Å². The van der Waals surface area contributed by atoms with E-state index in [1.807, 2.05) is 18.4 Å². The number of ether oxygens (including phenoxy) is 1. The smallest absolute Gasteiger partial charge is 0.193 e. The van der Waals surface area contributed by atoms with Gasteiger partial charge in [-0.1, -0.05) is 18.0 Å². The molecule has 1 saturated carbocycles. The molecule has 2 bridgehead atoms. The SMILES string of the molecule is C1CC2CC[C@@H](C1)CO2.CC(C)n1c(C(C)(C)O)nc2c(F)cc(C3N=C(N)NC=C3Cl)cc21. The first-order valence-electron chi connectivity index (χ1n) is 12.1. The third-order valence-electron chi connectivity index (χ3n) is 6.64. The van der Waals surface area contributed by atoms with Gasteiger partial charge in [-0.2, -0.15) is 0 Å². The van der Waals surface area contributed by atoms with E-state index in [1.54, 1.807) is 26.1 Å². The van der Waals surface area contributed by atoms with Crippen molar-refractivity contribution in [1.29, 1.82) is 0 Å². The Labute approximate surface area is 205 Å². The maximum absolute atomic E-state index is 14.8. The molecule has 4 aliphatic rings. The van der Waals surface area contributed by atoms with Crippen molar-refractivity contribution >= 4 is 28.6 Å². The number of nitrogens with one attached hydrogen (secondary N) is 1. The van der Waals surface area contributed by atoms with Crippen molar-refractivity contribution < 1.29 is 14.2 Å². The van der Waals surface area contributed by atoms with Crippen LogP contribution in [0.4, 0.5) is 4.39 Å². The molecule has 3 atom stereocenters. The third kappa shape index (κ3) is 5.24. The lowest BCUT2D eigenvalue weighted by molar-refractivity contribution is -0.00149. The molecule has 1 aromatic heterocycles. The summed E-state index contributed by atoms with van der Waals surface area (Å²) >= 11 is 6.22. The van der Waals surface area contributed by atoms with Crippen LogP contribution in [0.3, 0.4) is 0 Å². The second-order valence-electron chi connectivity index (χ2n) is 10.2. The van der Waals surface area contributed by atoms with Crippen molar-refractivity contribution in [3.8, 4) is 0 Å². The zero-order chi connectivity index (χ0) is 24.6. The first-order chi connectivity index (χ1) is 16.0. The van der Waals surface area contributed by atoms with Crippen molar-refractivity contribution in [2.45, 2.75) is 83.6 Å². The van der Waals surface area contributed by atoms with E-state index in [1.165, 1.54) is 38.2 Å². The minimum absolute atomic E-state index is 0.0197. The van der Waals surface area contributed by atoms with E-state index in [-0.39, 0.29) is 17.5 Å². The van der Waals surface area contributed by atoms with Crippen LogP contribution in [0.5, 0.6) is 0 Å². The van der Waals surface area contributed by atoms with Crippen molar-refractivity contribution in [3.05, 3.63) is 40.6 Å². The maximum atomic E-state index is 14.8. The van der Waals surface area contributed by atoms with Crippen LogP contribution in [0.2, 0.25) is 0 Å². The molecule has 186 valence electrons. The standard InChI is InChI=1S/C17H21ClFN5O.C8H14O/c1-8(2)24-12-6-9(13-10(18)7-21-16(20)23-13)5-11(19)14(12)22-15(24)17(3,4)25;1-2-7-4-5-8(3-1)9-6-7/h5-8,13,25H,1-4H3,(H3,20,21,23);7-8H,1-6H2/t;7-,8?/m.1/s1. The van der Waals surface area contributed by atoms with Crippen LogP contribution in [0.25, 0.3) is 11.0 Å². The predicted molar refractivity (Wildman–Crippen MR) is 133 cm³/mol. The van der Waals surface area contributed by atoms with Gasteiger partial charge in [-0.25, -0.2) is 14.4 Å². The van der Waals surface area contributed by atoms with Crippen molar-refractivity contribution in [1.82, 2.24) is 14.9 Å². The number of imidazole rings is 1. The average molecular weight is 492 g/mol. The molecule has 3 fully saturated rings. The topological polar surface area (TPSA) is 97.7 Å². The highest BCUT2D eigenvalue weighted by Crippen LogP contribution is 2.36. The lowest BCUT2D eigenvalue weighted by atomic mass is 10.00. The second kappa shape index (κ2) is 9.84. The number of halogens is 2. The molecule has 1 aromatic carbocycles. The molecule has 6 rings (SSSR count). The average Bonchev–Trinajstić information content (AvgIpc) is 2.89. The largest absolute Gasteiger partial charge is 0.383 e. The molecule has 4 N–H and O–H groups in total. The number of guanidine groups is 1. The molecule has 34 heavy (non-hydrogen) atoms. The van der Waals surface area contributed by atoms with Gasteiger partial charge in [0, 0.05) is 18.8 Å². The van der Waals surface area contributed by atoms with E-state index >= 15 is 0 Å². The molecule has 0 radical (unpaired) electrons. The van der Waals surface area contributed by atoms with Gasteiger partial charge in [0.1, 0.15) is 23.0 Å². The zero-order valence-corrected chi connectivity index (χ0v) is 21.1. The van der Waals surface area contributed by atoms with Crippen molar-refractivity contribution in [3.63, 3.8) is 0 Å². The summed E-state index contributed by atoms with van der Waals surface area (Å²) in [4.78, 5) is 8.59. The van der Waals surface area contributed by atoms with Crippen LogP contribution < -0.4 is 11.1 Å². The first-order valence-corrected chi connectivity index (χ1v) is 12.4. The highest BCUT2D eigenvalue weighted by molar-refractivity contribution is 6.30. The number of hydrogen-bond donors (Lipinski definition) is 3. The molecule has 0 amide bonds. The van der Waals surface area contributed by atoms with E-state index in [9.17, 15) is 9.50 Å². The van der Waals surface area contributed by atoms with Crippen LogP contribution >= 0.6 is 11.6 Å². The Morgan fingerprint density at radius 3 is 2.68 bits per heavy atom. The molecule has 1 aliphatic carbocycles. The van der Waals surface area contributed by atoms with Crippen LogP contribution in [0, 0.1) is 11.7 Å². The molecule has 3 aliphatic heterocycles. The number of nitrogens with two attached hydrogens (primary N) is 1. The summed E-state index contributed by atoms with van der Waals surface area (Å²) in [5.74, 6) is 1.05. The monoisotopic (exact) mass is 491 g/mol. The molecule has 2 unspecified atom stereocenters. The van der Waals surface area contributed by atoms with Gasteiger partial charge in [-0.15, -0.1) is 0 Å². The van der Waals surface area contributed by atoms with Gasteiger partial charge >= 0.3 is 0 Å². The number of nitrogens with zero attached hydrogens (tertiary/aromatic N) is 3. The van der Waals surface area contributed by atoms with Crippen LogP contribution in [0.1, 0.15) is 83.3 Å². The van der Waals surface area contributed by atoms with E-state index in [2.05, 4.69) is 15.3 Å². The summed E-state index contributed by atoms with van der Waals surface area (Å²) in [6, 6.07) is 2.55. The number of hydrogen-bond acceptors (Lipinski definition) is 6. The third-order valence-corrected chi connectivity index (χ3v) is 6.96. The Kier molecular flexibility index (Phi) is 7.22. The van der Waals surface area contributed by atoms with Gasteiger partial charge in [0.2, 0.25) is 0 Å². The summed E-state index contributed by atoms with van der Waals surface area (Å²) < 4.78 is 22.2. The van der Waals surface area contributed by atoms with Gasteiger partial charge < -0.3 is 25.5 Å². The Bertz CT molecular complexity index is 1080. The maximum Gasteiger partial charge on any atom is 0.193 e. The fourth-order valence-electron chi connectivity index (χ4n) is 4.93. The Balaban J connectivity index is 0.000000252. The highest BCUT2D eigenvalue weighted by Gasteiger charge is 2.29. The minimum atomic E-state index is -1.20.